The number of carbonyl (C=O) groups excluding carboxylic acids is 2. The molecule has 1 aromatic carbocycles. The average molecular weight is 422 g/mol. The van der Waals surface area contributed by atoms with Gasteiger partial charge in [-0.3, -0.25) is 13.9 Å². The van der Waals surface area contributed by atoms with Gasteiger partial charge in [-0.25, -0.2) is 8.42 Å². The summed E-state index contributed by atoms with van der Waals surface area (Å²) >= 11 is 1.36. The Labute approximate surface area is 168 Å². The zero-order valence-corrected chi connectivity index (χ0v) is 17.0. The molecule has 0 saturated carbocycles. The molecule has 0 saturated heterocycles. The lowest BCUT2D eigenvalue weighted by molar-refractivity contribution is -0.121. The van der Waals surface area contributed by atoms with Gasteiger partial charge in [0.2, 0.25) is 15.9 Å². The quantitative estimate of drug-likeness (QED) is 0.603. The van der Waals surface area contributed by atoms with Crippen molar-refractivity contribution in [2.24, 2.45) is 0 Å². The molecule has 2 heterocycles. The Morgan fingerprint density at radius 3 is 2.68 bits per heavy atom. The minimum Gasteiger partial charge on any atom is -0.355 e. The van der Waals surface area contributed by atoms with Crippen molar-refractivity contribution in [1.29, 1.82) is 0 Å². The van der Waals surface area contributed by atoms with E-state index in [-0.39, 0.29) is 30.5 Å². The van der Waals surface area contributed by atoms with Gasteiger partial charge in [-0.1, -0.05) is 24.3 Å². The predicted molar refractivity (Wildman–Crippen MR) is 110 cm³/mol. The fourth-order valence-corrected chi connectivity index (χ4v) is 5.13. The first-order valence-corrected chi connectivity index (χ1v) is 11.6. The summed E-state index contributed by atoms with van der Waals surface area (Å²) < 4.78 is 26.5. The summed E-state index contributed by atoms with van der Waals surface area (Å²) in [5.74, 6) is -0.503. The number of amides is 2. The summed E-state index contributed by atoms with van der Waals surface area (Å²) in [6.07, 6.45) is 1.44. The van der Waals surface area contributed by atoms with E-state index in [4.69, 9.17) is 0 Å². The van der Waals surface area contributed by atoms with Crippen LogP contribution in [0.3, 0.4) is 0 Å². The van der Waals surface area contributed by atoms with Gasteiger partial charge in [-0.15, -0.1) is 11.3 Å². The van der Waals surface area contributed by atoms with Gasteiger partial charge in [0.25, 0.3) is 5.91 Å². The van der Waals surface area contributed by atoms with Gasteiger partial charge in [0.05, 0.1) is 16.3 Å². The van der Waals surface area contributed by atoms with Crippen LogP contribution in [0, 0.1) is 0 Å². The van der Waals surface area contributed by atoms with Crippen molar-refractivity contribution < 1.29 is 18.0 Å². The predicted octanol–water partition coefficient (Wildman–Crippen LogP) is 1.77. The lowest BCUT2D eigenvalue weighted by Crippen LogP contribution is -2.37. The number of carbonyl (C=O) groups is 2. The lowest BCUT2D eigenvalue weighted by Gasteiger charge is -2.19. The molecule has 1 aromatic heterocycles. The second kappa shape index (κ2) is 9.20. The highest BCUT2D eigenvalue weighted by Crippen LogP contribution is 2.29. The number of fused-ring (bicyclic) bond motifs is 1. The van der Waals surface area contributed by atoms with Gasteiger partial charge in [0, 0.05) is 26.1 Å². The number of nitrogens with zero attached hydrogens (tertiary/aromatic N) is 1. The monoisotopic (exact) mass is 421 g/mol. The van der Waals surface area contributed by atoms with Crippen LogP contribution < -0.4 is 14.9 Å². The molecule has 7 nitrogen and oxygen atoms in total. The van der Waals surface area contributed by atoms with E-state index in [1.807, 2.05) is 35.7 Å². The third-order valence-corrected chi connectivity index (χ3v) is 7.11. The van der Waals surface area contributed by atoms with E-state index in [0.717, 1.165) is 11.3 Å². The molecule has 0 atom stereocenters. The second-order valence-electron chi connectivity index (χ2n) is 6.45. The van der Waals surface area contributed by atoms with Gasteiger partial charge >= 0.3 is 0 Å². The molecule has 0 bridgehead atoms. The van der Waals surface area contributed by atoms with Gasteiger partial charge in [-0.05, 0) is 35.9 Å². The van der Waals surface area contributed by atoms with E-state index in [9.17, 15) is 18.0 Å². The molecule has 1 aliphatic heterocycles. The molecule has 0 spiro atoms. The zero-order valence-electron chi connectivity index (χ0n) is 15.4. The third-order valence-electron chi connectivity index (χ3n) is 4.47. The number of rotatable bonds is 9. The molecule has 0 fully saturated rings. The van der Waals surface area contributed by atoms with Crippen molar-refractivity contribution in [3.05, 3.63) is 52.2 Å². The van der Waals surface area contributed by atoms with Crippen molar-refractivity contribution in [1.82, 2.24) is 10.6 Å². The van der Waals surface area contributed by atoms with Gasteiger partial charge < -0.3 is 10.6 Å². The molecule has 1 aliphatic rings. The molecule has 2 amide bonds. The van der Waals surface area contributed by atoms with E-state index in [1.54, 1.807) is 6.07 Å². The van der Waals surface area contributed by atoms with E-state index >= 15 is 0 Å². The van der Waals surface area contributed by atoms with Crippen LogP contribution in [0.2, 0.25) is 0 Å². The maximum Gasteiger partial charge on any atom is 0.261 e. The summed E-state index contributed by atoms with van der Waals surface area (Å²) in [4.78, 5) is 24.3. The van der Waals surface area contributed by atoms with E-state index in [1.165, 1.54) is 15.6 Å². The molecule has 28 heavy (non-hydrogen) atoms. The first-order chi connectivity index (χ1) is 13.5. The van der Waals surface area contributed by atoms with Gasteiger partial charge in [0.15, 0.2) is 0 Å². The fraction of sp³-hybridized carbons (Fsp3) is 0.368. The number of nitrogens with one attached hydrogen (secondary N) is 2. The Kier molecular flexibility index (Phi) is 6.69. The molecule has 0 aliphatic carbocycles. The van der Waals surface area contributed by atoms with Crippen molar-refractivity contribution in [2.75, 3.05) is 29.7 Å². The standard InChI is InChI=1S/C19H23N3O4S2/c23-18(8-3-10-21-19(24)17-7-4-13-27-17)20-11-14-28(25,26)22-12-9-15-5-1-2-6-16(15)22/h1-2,4-7,13H,3,8-12,14H2,(H,20,23)(H,21,24). The first-order valence-electron chi connectivity index (χ1n) is 9.14. The van der Waals surface area contributed by atoms with Crippen LogP contribution in [-0.4, -0.2) is 45.6 Å². The Hall–Kier alpha value is -2.39. The minimum absolute atomic E-state index is 0.0708. The molecular weight excluding hydrogens is 398 g/mol. The summed E-state index contributed by atoms with van der Waals surface area (Å²) in [5.41, 5.74) is 1.76. The molecule has 9 heteroatoms. The maximum atomic E-state index is 12.6. The third kappa shape index (κ3) is 5.11. The molecule has 0 unspecified atom stereocenters. The van der Waals surface area contributed by atoms with Crippen molar-refractivity contribution >= 4 is 38.9 Å². The van der Waals surface area contributed by atoms with Crippen molar-refractivity contribution in [3.63, 3.8) is 0 Å². The SMILES string of the molecule is O=C(CCCNC(=O)c1cccs1)NCCS(=O)(=O)N1CCc2ccccc21. The first kappa shape index (κ1) is 20.3. The Morgan fingerprint density at radius 2 is 1.89 bits per heavy atom. The largest absolute Gasteiger partial charge is 0.355 e. The van der Waals surface area contributed by atoms with E-state index in [2.05, 4.69) is 10.6 Å². The average Bonchev–Trinajstić information content (AvgIpc) is 3.34. The minimum atomic E-state index is -3.47. The molecular formula is C19H23N3O4S2. The van der Waals surface area contributed by atoms with Crippen LogP contribution in [0.15, 0.2) is 41.8 Å². The summed E-state index contributed by atoms with van der Waals surface area (Å²) in [6, 6.07) is 11.0. The van der Waals surface area contributed by atoms with Crippen LogP contribution in [0.25, 0.3) is 0 Å². The highest BCUT2D eigenvalue weighted by Gasteiger charge is 2.28. The van der Waals surface area contributed by atoms with Crippen LogP contribution in [0.1, 0.15) is 28.1 Å². The Balaban J connectivity index is 1.35. The smallest absolute Gasteiger partial charge is 0.261 e. The van der Waals surface area contributed by atoms with Crippen LogP contribution in [0.4, 0.5) is 5.69 Å². The van der Waals surface area contributed by atoms with Crippen molar-refractivity contribution in [2.45, 2.75) is 19.3 Å². The molecule has 3 rings (SSSR count). The van der Waals surface area contributed by atoms with Crippen LogP contribution in [-0.2, 0) is 21.2 Å². The number of sulfonamides is 1. The maximum absolute atomic E-state index is 12.6. The normalized spacial score (nSPS) is 13.2. The zero-order chi connectivity index (χ0) is 20.0. The van der Waals surface area contributed by atoms with Crippen molar-refractivity contribution in [3.8, 4) is 0 Å². The summed E-state index contributed by atoms with van der Waals surface area (Å²) in [5, 5.41) is 7.23. The molecule has 0 radical (unpaired) electrons. The number of benzene rings is 1. The number of para-hydroxylation sites is 1. The number of hydrogen-bond acceptors (Lipinski definition) is 5. The highest BCUT2D eigenvalue weighted by atomic mass is 32.2. The van der Waals surface area contributed by atoms with Crippen LogP contribution in [0.5, 0.6) is 0 Å². The van der Waals surface area contributed by atoms with Crippen LogP contribution >= 0.6 is 11.3 Å². The van der Waals surface area contributed by atoms with E-state index in [0.29, 0.717) is 30.8 Å². The molecule has 2 aromatic rings. The molecule has 2 N–H and O–H groups in total. The number of anilines is 1. The Bertz CT molecular complexity index is 926. The topological polar surface area (TPSA) is 95.6 Å². The summed E-state index contributed by atoms with van der Waals surface area (Å²) in [7, 11) is -3.47. The Morgan fingerprint density at radius 1 is 1.07 bits per heavy atom. The summed E-state index contributed by atoms with van der Waals surface area (Å²) in [6.45, 7) is 0.911. The van der Waals surface area contributed by atoms with E-state index < -0.39 is 10.0 Å². The van der Waals surface area contributed by atoms with Gasteiger partial charge in [0.1, 0.15) is 0 Å². The van der Waals surface area contributed by atoms with Gasteiger partial charge in [-0.2, -0.15) is 0 Å². The number of hydrogen-bond donors (Lipinski definition) is 2. The molecule has 150 valence electrons. The highest BCUT2D eigenvalue weighted by molar-refractivity contribution is 7.92. The number of thiophene rings is 1. The lowest BCUT2D eigenvalue weighted by atomic mass is 10.2. The second-order valence-corrected chi connectivity index (χ2v) is 9.41. The fourth-order valence-electron chi connectivity index (χ4n) is 3.06.